The first-order chi connectivity index (χ1) is 13.2. The molecular weight excluding hydrogens is 364 g/mol. The van der Waals surface area contributed by atoms with Gasteiger partial charge in [-0.25, -0.2) is 4.79 Å². The number of esters is 1. The largest absolute Gasteiger partial charge is 0.460 e. The molecule has 2 amide bonds. The van der Waals surface area contributed by atoms with Gasteiger partial charge in [-0.15, -0.1) is 0 Å². The van der Waals surface area contributed by atoms with E-state index in [4.69, 9.17) is 9.47 Å². The van der Waals surface area contributed by atoms with Crippen LogP contribution in [0.15, 0.2) is 30.3 Å². The van der Waals surface area contributed by atoms with E-state index in [9.17, 15) is 19.5 Å². The number of nitrogens with one attached hydrogen (secondary N) is 1. The molecule has 8 nitrogen and oxygen atoms in total. The number of aliphatic hydroxyl groups excluding tert-OH is 1. The number of carbonyl (C=O) groups is 3. The van der Waals surface area contributed by atoms with Crippen molar-refractivity contribution < 1.29 is 29.0 Å². The van der Waals surface area contributed by atoms with Crippen LogP contribution in [0.1, 0.15) is 39.2 Å². The highest BCUT2D eigenvalue weighted by molar-refractivity contribution is 5.92. The van der Waals surface area contributed by atoms with Crippen molar-refractivity contribution in [3.8, 4) is 0 Å². The fraction of sp³-hybridized carbons (Fsp3) is 0.550. The quantitative estimate of drug-likeness (QED) is 0.713. The van der Waals surface area contributed by atoms with Crippen molar-refractivity contribution in [1.29, 1.82) is 0 Å². The molecule has 28 heavy (non-hydrogen) atoms. The Morgan fingerprint density at radius 1 is 1.21 bits per heavy atom. The van der Waals surface area contributed by atoms with Crippen molar-refractivity contribution in [2.45, 2.75) is 51.4 Å². The van der Waals surface area contributed by atoms with Gasteiger partial charge in [0.2, 0.25) is 5.91 Å². The zero-order chi connectivity index (χ0) is 20.8. The minimum absolute atomic E-state index is 0.102. The van der Waals surface area contributed by atoms with Crippen LogP contribution >= 0.6 is 0 Å². The minimum atomic E-state index is -1.44. The first-order valence-electron chi connectivity index (χ1n) is 9.27. The second-order valence-corrected chi connectivity index (χ2v) is 7.75. The maximum Gasteiger partial charge on any atom is 0.411 e. The molecule has 1 unspecified atom stereocenters. The summed E-state index contributed by atoms with van der Waals surface area (Å²) in [5.74, 6) is -1.21. The van der Waals surface area contributed by atoms with E-state index in [2.05, 4.69) is 5.32 Å². The SMILES string of the molecule is CC(C)(C)OC(=O)N1CCCC1(CO)C(=O)NCC(=O)OCc1ccccc1. The second-order valence-electron chi connectivity index (χ2n) is 7.75. The summed E-state index contributed by atoms with van der Waals surface area (Å²) in [5, 5.41) is 12.4. The summed E-state index contributed by atoms with van der Waals surface area (Å²) >= 11 is 0. The standard InChI is InChI=1S/C20H28N2O6/c1-19(2,3)28-18(26)22-11-7-10-20(22,14-23)17(25)21-12-16(24)27-13-15-8-5-4-6-9-15/h4-6,8-9,23H,7,10-14H2,1-3H3,(H,21,25). The topological polar surface area (TPSA) is 105 Å². The van der Waals surface area contributed by atoms with E-state index in [0.717, 1.165) is 5.56 Å². The van der Waals surface area contributed by atoms with Gasteiger partial charge in [-0.1, -0.05) is 30.3 Å². The average Bonchev–Trinajstić information content (AvgIpc) is 3.09. The fourth-order valence-corrected chi connectivity index (χ4v) is 3.04. The van der Waals surface area contributed by atoms with E-state index in [1.54, 1.807) is 20.8 Å². The third-order valence-corrected chi connectivity index (χ3v) is 4.42. The molecule has 1 saturated heterocycles. The van der Waals surface area contributed by atoms with Crippen LogP contribution in [0.2, 0.25) is 0 Å². The van der Waals surface area contributed by atoms with Crippen molar-refractivity contribution in [1.82, 2.24) is 10.2 Å². The third-order valence-electron chi connectivity index (χ3n) is 4.42. The maximum absolute atomic E-state index is 12.7. The Kier molecular flexibility index (Phi) is 7.01. The molecule has 0 radical (unpaired) electrons. The predicted octanol–water partition coefficient (Wildman–Crippen LogP) is 1.61. The summed E-state index contributed by atoms with van der Waals surface area (Å²) in [7, 11) is 0. The van der Waals surface area contributed by atoms with Crippen molar-refractivity contribution in [3.05, 3.63) is 35.9 Å². The lowest BCUT2D eigenvalue weighted by Crippen LogP contribution is -2.60. The number of hydrogen-bond acceptors (Lipinski definition) is 6. The maximum atomic E-state index is 12.7. The molecule has 0 aliphatic carbocycles. The number of nitrogens with zero attached hydrogens (tertiary/aromatic N) is 1. The molecule has 1 aromatic rings. The van der Waals surface area contributed by atoms with Gasteiger partial charge in [-0.05, 0) is 39.2 Å². The molecule has 8 heteroatoms. The van der Waals surface area contributed by atoms with Crippen LogP contribution in [0, 0.1) is 0 Å². The van der Waals surface area contributed by atoms with Crippen LogP contribution in [-0.2, 0) is 25.7 Å². The van der Waals surface area contributed by atoms with Gasteiger partial charge in [0.25, 0.3) is 0 Å². The molecule has 1 aliphatic rings. The zero-order valence-corrected chi connectivity index (χ0v) is 16.6. The Hall–Kier alpha value is -2.61. The Balaban J connectivity index is 1.94. The molecule has 0 spiro atoms. The van der Waals surface area contributed by atoms with Crippen molar-refractivity contribution in [2.24, 2.45) is 0 Å². The smallest absolute Gasteiger partial charge is 0.411 e. The first-order valence-corrected chi connectivity index (χ1v) is 9.27. The molecular formula is C20H28N2O6. The Morgan fingerprint density at radius 2 is 1.89 bits per heavy atom. The van der Waals surface area contributed by atoms with Gasteiger partial charge in [-0.3, -0.25) is 14.5 Å². The molecule has 2 N–H and O–H groups in total. The van der Waals surface area contributed by atoms with E-state index in [0.29, 0.717) is 13.0 Å². The number of carbonyl (C=O) groups excluding carboxylic acids is 3. The molecule has 154 valence electrons. The average molecular weight is 392 g/mol. The number of benzene rings is 1. The molecule has 1 atom stereocenters. The molecule has 1 heterocycles. The monoisotopic (exact) mass is 392 g/mol. The fourth-order valence-electron chi connectivity index (χ4n) is 3.04. The lowest BCUT2D eigenvalue weighted by molar-refractivity contribution is -0.146. The summed E-state index contributed by atoms with van der Waals surface area (Å²) < 4.78 is 10.5. The second kappa shape index (κ2) is 9.05. The molecule has 0 aromatic heterocycles. The number of hydrogen-bond donors (Lipinski definition) is 2. The third kappa shape index (κ3) is 5.45. The van der Waals surface area contributed by atoms with Gasteiger partial charge in [0.05, 0.1) is 6.61 Å². The Morgan fingerprint density at radius 3 is 2.50 bits per heavy atom. The van der Waals surface area contributed by atoms with Crippen LogP contribution in [0.4, 0.5) is 4.79 Å². The molecule has 1 fully saturated rings. The van der Waals surface area contributed by atoms with Crippen molar-refractivity contribution in [3.63, 3.8) is 0 Å². The number of amides is 2. The number of rotatable bonds is 6. The van der Waals surface area contributed by atoms with E-state index in [1.807, 2.05) is 30.3 Å². The lowest BCUT2D eigenvalue weighted by Gasteiger charge is -2.36. The van der Waals surface area contributed by atoms with Crippen LogP contribution in [-0.4, -0.2) is 58.8 Å². The summed E-state index contributed by atoms with van der Waals surface area (Å²) in [6.07, 6.45) is 0.167. The van der Waals surface area contributed by atoms with Gasteiger partial charge < -0.3 is 19.9 Å². The van der Waals surface area contributed by atoms with Crippen LogP contribution in [0.5, 0.6) is 0 Å². The summed E-state index contributed by atoms with van der Waals surface area (Å²) in [6, 6.07) is 9.17. The van der Waals surface area contributed by atoms with Gasteiger partial charge in [-0.2, -0.15) is 0 Å². The summed E-state index contributed by atoms with van der Waals surface area (Å²) in [6.45, 7) is 4.66. The van der Waals surface area contributed by atoms with Crippen molar-refractivity contribution >= 4 is 18.0 Å². The summed E-state index contributed by atoms with van der Waals surface area (Å²) in [4.78, 5) is 38.4. The molecule has 0 bridgehead atoms. The van der Waals surface area contributed by atoms with E-state index < -0.39 is 35.7 Å². The van der Waals surface area contributed by atoms with Crippen molar-refractivity contribution in [2.75, 3.05) is 19.7 Å². The normalized spacial score (nSPS) is 19.2. The van der Waals surface area contributed by atoms with Crippen LogP contribution < -0.4 is 5.32 Å². The lowest BCUT2D eigenvalue weighted by atomic mass is 9.96. The Bertz CT molecular complexity index is 700. The van der Waals surface area contributed by atoms with E-state index in [1.165, 1.54) is 4.90 Å². The van der Waals surface area contributed by atoms with Gasteiger partial charge in [0.15, 0.2) is 0 Å². The highest BCUT2D eigenvalue weighted by Crippen LogP contribution is 2.31. The minimum Gasteiger partial charge on any atom is -0.460 e. The summed E-state index contributed by atoms with van der Waals surface area (Å²) in [5.41, 5.74) is -1.33. The highest BCUT2D eigenvalue weighted by Gasteiger charge is 2.50. The van der Waals surface area contributed by atoms with Crippen LogP contribution in [0.25, 0.3) is 0 Å². The number of likely N-dealkylation sites (tertiary alicyclic amines) is 1. The molecule has 0 saturated carbocycles. The molecule has 1 aromatic carbocycles. The first kappa shape index (κ1) is 21.7. The molecule has 1 aliphatic heterocycles. The number of aliphatic hydroxyl groups is 1. The Labute approximate surface area is 164 Å². The zero-order valence-electron chi connectivity index (χ0n) is 16.6. The predicted molar refractivity (Wildman–Crippen MR) is 101 cm³/mol. The molecule has 2 rings (SSSR count). The highest BCUT2D eigenvalue weighted by atomic mass is 16.6. The van der Waals surface area contributed by atoms with E-state index >= 15 is 0 Å². The number of ether oxygens (including phenoxy) is 2. The van der Waals surface area contributed by atoms with Gasteiger partial charge in [0, 0.05) is 6.54 Å². The van der Waals surface area contributed by atoms with E-state index in [-0.39, 0.29) is 19.6 Å². The van der Waals surface area contributed by atoms with Gasteiger partial charge >= 0.3 is 12.1 Å². The van der Waals surface area contributed by atoms with Gasteiger partial charge in [0.1, 0.15) is 24.3 Å². The van der Waals surface area contributed by atoms with Crippen LogP contribution in [0.3, 0.4) is 0 Å².